The number of aromatic hydroxyl groups is 1. The number of hydrogen-bond acceptors (Lipinski definition) is 4. The van der Waals surface area contributed by atoms with E-state index in [0.717, 1.165) is 5.56 Å². The Morgan fingerprint density at radius 3 is 2.86 bits per heavy atom. The first-order valence-corrected chi connectivity index (χ1v) is 5.20. The summed E-state index contributed by atoms with van der Waals surface area (Å²) in [4.78, 5) is 10.1. The fraction of sp³-hybridized carbons (Fsp3) is 0.333. The molecule has 0 heterocycles. The lowest BCUT2D eigenvalue weighted by Crippen LogP contribution is -1.94. The molecule has 4 nitrogen and oxygen atoms in total. The zero-order chi connectivity index (χ0) is 10.6. The number of halogens is 1. The van der Waals surface area contributed by atoms with Crippen LogP contribution in [0, 0.1) is 8.48 Å². The average Bonchev–Trinajstić information content (AvgIpc) is 2.14. The Labute approximate surface area is 95.4 Å². The van der Waals surface area contributed by atoms with Gasteiger partial charge in [0.1, 0.15) is 6.54 Å². The second kappa shape index (κ2) is 5.14. The van der Waals surface area contributed by atoms with Crippen molar-refractivity contribution in [2.75, 3.05) is 6.61 Å². The second-order valence-corrected chi connectivity index (χ2v) is 3.81. The van der Waals surface area contributed by atoms with Crippen LogP contribution in [0.4, 0.5) is 0 Å². The van der Waals surface area contributed by atoms with E-state index in [9.17, 15) is 10.0 Å². The lowest BCUT2D eigenvalue weighted by molar-refractivity contribution is 0.317. The van der Waals surface area contributed by atoms with E-state index in [4.69, 9.17) is 4.74 Å². The third-order valence-corrected chi connectivity index (χ3v) is 2.46. The molecule has 0 aromatic heterocycles. The molecule has 14 heavy (non-hydrogen) atoms. The highest BCUT2D eigenvalue weighted by atomic mass is 127. The van der Waals surface area contributed by atoms with Gasteiger partial charge in [-0.1, -0.05) is 5.18 Å². The van der Waals surface area contributed by atoms with Crippen molar-refractivity contribution in [2.24, 2.45) is 5.18 Å². The summed E-state index contributed by atoms with van der Waals surface area (Å²) in [7, 11) is 0. The molecule has 76 valence electrons. The van der Waals surface area contributed by atoms with Crippen LogP contribution in [-0.4, -0.2) is 11.7 Å². The molecule has 0 atom stereocenters. The van der Waals surface area contributed by atoms with E-state index >= 15 is 0 Å². The van der Waals surface area contributed by atoms with Crippen LogP contribution in [0.5, 0.6) is 11.5 Å². The molecule has 0 aliphatic rings. The molecular weight excluding hydrogens is 297 g/mol. The smallest absolute Gasteiger partial charge is 0.171 e. The summed E-state index contributed by atoms with van der Waals surface area (Å²) < 4.78 is 5.87. The summed E-state index contributed by atoms with van der Waals surface area (Å²) in [5, 5.41) is 12.4. The molecule has 0 amide bonds. The van der Waals surface area contributed by atoms with Crippen molar-refractivity contribution in [3.8, 4) is 11.5 Å². The topological polar surface area (TPSA) is 58.9 Å². The number of nitroso groups, excluding NO2 is 1. The van der Waals surface area contributed by atoms with Crippen LogP contribution in [0.3, 0.4) is 0 Å². The highest BCUT2D eigenvalue weighted by molar-refractivity contribution is 14.1. The van der Waals surface area contributed by atoms with Crippen molar-refractivity contribution in [1.82, 2.24) is 0 Å². The van der Waals surface area contributed by atoms with E-state index < -0.39 is 0 Å². The molecule has 0 unspecified atom stereocenters. The number of rotatable bonds is 4. The Hall–Kier alpha value is -0.850. The summed E-state index contributed by atoms with van der Waals surface area (Å²) in [5.41, 5.74) is 0.741. The minimum atomic E-state index is 0.0936. The predicted octanol–water partition coefficient (Wildman–Crippen LogP) is 2.66. The van der Waals surface area contributed by atoms with Gasteiger partial charge in [0.15, 0.2) is 11.5 Å². The number of phenolic OH excluding ortho intramolecular Hbond substituents is 1. The van der Waals surface area contributed by atoms with E-state index in [1.165, 1.54) is 0 Å². The standard InChI is InChI=1S/C9H10INO3/c1-2-14-8-4-6(5-11-13)3-7(10)9(8)12/h3-4,12H,2,5H2,1H3. The maximum atomic E-state index is 10.1. The van der Waals surface area contributed by atoms with Gasteiger partial charge in [-0.15, -0.1) is 0 Å². The number of benzene rings is 1. The van der Waals surface area contributed by atoms with Gasteiger partial charge in [0, 0.05) is 0 Å². The van der Waals surface area contributed by atoms with Gasteiger partial charge in [-0.2, -0.15) is 4.91 Å². The van der Waals surface area contributed by atoms with Gasteiger partial charge >= 0.3 is 0 Å². The maximum Gasteiger partial charge on any atom is 0.171 e. The third-order valence-electron chi connectivity index (χ3n) is 1.64. The Balaban J connectivity index is 3.06. The van der Waals surface area contributed by atoms with Crippen molar-refractivity contribution in [2.45, 2.75) is 13.5 Å². The fourth-order valence-electron chi connectivity index (χ4n) is 1.06. The quantitative estimate of drug-likeness (QED) is 0.687. The zero-order valence-electron chi connectivity index (χ0n) is 7.66. The Bertz CT molecular complexity index is 341. The van der Waals surface area contributed by atoms with Crippen LogP contribution in [0.15, 0.2) is 17.3 Å². The van der Waals surface area contributed by atoms with E-state index in [0.29, 0.717) is 15.9 Å². The zero-order valence-corrected chi connectivity index (χ0v) is 9.82. The summed E-state index contributed by atoms with van der Waals surface area (Å²) in [6.07, 6.45) is 0. The van der Waals surface area contributed by atoms with Crippen molar-refractivity contribution in [3.63, 3.8) is 0 Å². The molecule has 0 saturated heterocycles. The molecule has 1 rings (SSSR count). The van der Waals surface area contributed by atoms with Gasteiger partial charge < -0.3 is 9.84 Å². The second-order valence-electron chi connectivity index (χ2n) is 2.64. The van der Waals surface area contributed by atoms with Gasteiger partial charge in [0.2, 0.25) is 0 Å². The Kier molecular flexibility index (Phi) is 4.12. The van der Waals surface area contributed by atoms with E-state index in [1.54, 1.807) is 12.1 Å². The van der Waals surface area contributed by atoms with Gasteiger partial charge in [0.25, 0.3) is 0 Å². The molecule has 0 fully saturated rings. The molecular formula is C9H10INO3. The Morgan fingerprint density at radius 2 is 2.29 bits per heavy atom. The molecule has 1 aromatic carbocycles. The Morgan fingerprint density at radius 1 is 1.57 bits per heavy atom. The minimum absolute atomic E-state index is 0.0936. The van der Waals surface area contributed by atoms with Crippen LogP contribution in [0.1, 0.15) is 12.5 Å². The lowest BCUT2D eigenvalue weighted by Gasteiger charge is -2.08. The van der Waals surface area contributed by atoms with E-state index in [1.807, 2.05) is 29.5 Å². The molecule has 0 bridgehead atoms. The molecule has 0 spiro atoms. The van der Waals surface area contributed by atoms with Crippen LogP contribution in [0.25, 0.3) is 0 Å². The lowest BCUT2D eigenvalue weighted by atomic mass is 10.2. The largest absolute Gasteiger partial charge is 0.504 e. The van der Waals surface area contributed by atoms with Crippen LogP contribution >= 0.6 is 22.6 Å². The van der Waals surface area contributed by atoms with Crippen molar-refractivity contribution >= 4 is 22.6 Å². The van der Waals surface area contributed by atoms with Crippen molar-refractivity contribution in [1.29, 1.82) is 0 Å². The minimum Gasteiger partial charge on any atom is -0.504 e. The van der Waals surface area contributed by atoms with Crippen LogP contribution in [-0.2, 0) is 6.54 Å². The average molecular weight is 307 g/mol. The maximum absolute atomic E-state index is 10.1. The summed E-state index contributed by atoms with van der Waals surface area (Å²) in [6, 6.07) is 3.34. The van der Waals surface area contributed by atoms with Gasteiger partial charge in [-0.3, -0.25) is 0 Å². The van der Waals surface area contributed by atoms with E-state index in [-0.39, 0.29) is 12.3 Å². The number of ether oxygens (including phenoxy) is 1. The van der Waals surface area contributed by atoms with Crippen molar-refractivity contribution in [3.05, 3.63) is 26.2 Å². The van der Waals surface area contributed by atoms with Crippen LogP contribution in [0.2, 0.25) is 0 Å². The molecule has 0 radical (unpaired) electrons. The molecule has 0 aliphatic heterocycles. The van der Waals surface area contributed by atoms with Crippen molar-refractivity contribution < 1.29 is 9.84 Å². The van der Waals surface area contributed by atoms with Gasteiger partial charge in [-0.25, -0.2) is 0 Å². The van der Waals surface area contributed by atoms with E-state index in [2.05, 4.69) is 5.18 Å². The fourth-order valence-corrected chi connectivity index (χ4v) is 1.72. The highest BCUT2D eigenvalue weighted by Crippen LogP contribution is 2.32. The first-order chi connectivity index (χ1) is 6.69. The molecule has 0 aliphatic carbocycles. The molecule has 1 aromatic rings. The monoisotopic (exact) mass is 307 g/mol. The molecule has 0 saturated carbocycles. The first kappa shape index (κ1) is 11.2. The van der Waals surface area contributed by atoms with Gasteiger partial charge in [-0.05, 0) is 47.2 Å². The van der Waals surface area contributed by atoms with Gasteiger partial charge in [0.05, 0.1) is 10.2 Å². The molecule has 1 N–H and O–H groups in total. The predicted molar refractivity (Wildman–Crippen MR) is 61.5 cm³/mol. The number of nitrogens with zero attached hydrogens (tertiary/aromatic N) is 1. The SMILES string of the molecule is CCOc1cc(CN=O)cc(I)c1O. The number of phenols is 1. The summed E-state index contributed by atoms with van der Waals surface area (Å²) in [6.45, 7) is 2.40. The summed E-state index contributed by atoms with van der Waals surface area (Å²) in [5.74, 6) is 0.514. The summed E-state index contributed by atoms with van der Waals surface area (Å²) >= 11 is 1.98. The normalized spacial score (nSPS) is 9.86. The first-order valence-electron chi connectivity index (χ1n) is 4.12. The molecule has 5 heteroatoms. The van der Waals surface area contributed by atoms with Crippen LogP contribution < -0.4 is 4.74 Å². The number of hydrogen-bond donors (Lipinski definition) is 1. The third kappa shape index (κ3) is 2.57. The highest BCUT2D eigenvalue weighted by Gasteiger charge is 2.08.